The highest BCUT2D eigenvalue weighted by atomic mass is 35.5. The zero-order valence-corrected chi connectivity index (χ0v) is 11.5. The Kier molecular flexibility index (Phi) is 4.72. The third kappa shape index (κ3) is 3.48. The molecule has 110 valence electrons. The molecule has 0 fully saturated rings. The Hall–Kier alpha value is -2.18. The van der Waals surface area contributed by atoms with Crippen molar-refractivity contribution < 1.29 is 19.2 Å². The van der Waals surface area contributed by atoms with Crippen molar-refractivity contribution in [2.24, 2.45) is 0 Å². The number of rotatable bonds is 5. The van der Waals surface area contributed by atoms with Crippen LogP contribution in [0.1, 0.15) is 11.1 Å². The highest BCUT2D eigenvalue weighted by molar-refractivity contribution is 6.30. The van der Waals surface area contributed by atoms with Crippen LogP contribution in [0.15, 0.2) is 36.4 Å². The summed E-state index contributed by atoms with van der Waals surface area (Å²) < 4.78 is 19.0. The van der Waals surface area contributed by atoms with E-state index in [0.717, 1.165) is 0 Å². The molecular weight excluding hydrogens is 301 g/mol. The van der Waals surface area contributed by atoms with Gasteiger partial charge in [-0.1, -0.05) is 23.7 Å². The predicted octanol–water partition coefficient (Wildman–Crippen LogP) is 3.46. The number of aliphatic hydroxyl groups excluding tert-OH is 1. The lowest BCUT2D eigenvalue weighted by molar-refractivity contribution is -0.385. The van der Waals surface area contributed by atoms with Crippen LogP contribution in [0.4, 0.5) is 10.1 Å². The number of halogens is 2. The average molecular weight is 312 g/mol. The van der Waals surface area contributed by atoms with Gasteiger partial charge in [0, 0.05) is 16.7 Å². The van der Waals surface area contributed by atoms with E-state index in [0.29, 0.717) is 0 Å². The molecule has 0 radical (unpaired) electrons. The molecule has 1 N–H and O–H groups in total. The van der Waals surface area contributed by atoms with Crippen molar-refractivity contribution >= 4 is 17.3 Å². The number of ether oxygens (including phenoxy) is 1. The summed E-state index contributed by atoms with van der Waals surface area (Å²) in [4.78, 5) is 10.4. The Balaban J connectivity index is 2.27. The van der Waals surface area contributed by atoms with Gasteiger partial charge in [-0.15, -0.1) is 0 Å². The largest absolute Gasteiger partial charge is 0.485 e. The molecule has 0 spiro atoms. The first-order valence-electron chi connectivity index (χ1n) is 5.96. The van der Waals surface area contributed by atoms with Gasteiger partial charge in [-0.05, 0) is 18.2 Å². The summed E-state index contributed by atoms with van der Waals surface area (Å²) in [6.45, 7) is -0.600. The second-order valence-electron chi connectivity index (χ2n) is 4.21. The van der Waals surface area contributed by atoms with Gasteiger partial charge in [0.05, 0.1) is 17.1 Å². The van der Waals surface area contributed by atoms with Crippen molar-refractivity contribution in [2.45, 2.75) is 13.2 Å². The van der Waals surface area contributed by atoms with Gasteiger partial charge in [0.2, 0.25) is 0 Å². The Morgan fingerprint density at radius 3 is 2.71 bits per heavy atom. The molecule has 0 saturated carbocycles. The van der Waals surface area contributed by atoms with Crippen molar-refractivity contribution in [1.29, 1.82) is 0 Å². The Morgan fingerprint density at radius 2 is 2.05 bits per heavy atom. The van der Waals surface area contributed by atoms with Gasteiger partial charge in [0.15, 0.2) is 11.6 Å². The maximum absolute atomic E-state index is 13.7. The third-order valence-electron chi connectivity index (χ3n) is 2.83. The molecule has 0 aliphatic heterocycles. The fraction of sp³-hybridized carbons (Fsp3) is 0.143. The topological polar surface area (TPSA) is 72.6 Å². The summed E-state index contributed by atoms with van der Waals surface area (Å²) >= 11 is 5.71. The van der Waals surface area contributed by atoms with Crippen molar-refractivity contribution in [3.63, 3.8) is 0 Å². The molecule has 0 amide bonds. The smallest absolute Gasteiger partial charge is 0.277 e. The second kappa shape index (κ2) is 6.51. The van der Waals surface area contributed by atoms with Gasteiger partial charge >= 0.3 is 0 Å². The van der Waals surface area contributed by atoms with Crippen LogP contribution in [-0.2, 0) is 13.2 Å². The van der Waals surface area contributed by atoms with Crippen molar-refractivity contribution in [3.05, 3.63) is 68.5 Å². The number of para-hydroxylation sites is 1. The van der Waals surface area contributed by atoms with Crippen molar-refractivity contribution in [3.8, 4) is 5.75 Å². The van der Waals surface area contributed by atoms with E-state index in [2.05, 4.69) is 0 Å². The number of hydrogen-bond acceptors (Lipinski definition) is 4. The SMILES string of the molecule is O=[N+]([O-])c1cc(Cl)ccc1COc1c(F)cccc1CO. The molecule has 0 atom stereocenters. The molecule has 2 aromatic rings. The minimum atomic E-state index is -0.641. The molecule has 0 unspecified atom stereocenters. The summed E-state index contributed by atoms with van der Waals surface area (Å²) in [5.41, 5.74) is 0.326. The van der Waals surface area contributed by atoms with Gasteiger partial charge in [-0.3, -0.25) is 10.1 Å². The van der Waals surface area contributed by atoms with E-state index in [-0.39, 0.29) is 34.2 Å². The summed E-state index contributed by atoms with van der Waals surface area (Å²) in [6.07, 6.45) is 0. The number of aliphatic hydroxyl groups is 1. The number of benzene rings is 2. The zero-order chi connectivity index (χ0) is 15.4. The first kappa shape index (κ1) is 15.2. The summed E-state index contributed by atoms with van der Waals surface area (Å²) in [7, 11) is 0. The molecule has 0 bridgehead atoms. The van der Waals surface area contributed by atoms with Crippen LogP contribution in [0.2, 0.25) is 5.02 Å². The van der Waals surface area contributed by atoms with E-state index in [1.807, 2.05) is 0 Å². The third-order valence-corrected chi connectivity index (χ3v) is 3.07. The fourth-order valence-electron chi connectivity index (χ4n) is 1.82. The van der Waals surface area contributed by atoms with Crippen LogP contribution in [0.5, 0.6) is 5.75 Å². The van der Waals surface area contributed by atoms with Crippen LogP contribution in [-0.4, -0.2) is 10.0 Å². The Morgan fingerprint density at radius 1 is 1.29 bits per heavy atom. The minimum absolute atomic E-state index is 0.121. The van der Waals surface area contributed by atoms with Gasteiger partial charge in [-0.2, -0.15) is 0 Å². The molecule has 0 heterocycles. The number of nitro benzene ring substituents is 1. The predicted molar refractivity (Wildman–Crippen MR) is 74.8 cm³/mol. The fourth-order valence-corrected chi connectivity index (χ4v) is 1.98. The van der Waals surface area contributed by atoms with E-state index in [4.69, 9.17) is 21.4 Å². The van der Waals surface area contributed by atoms with Crippen LogP contribution < -0.4 is 4.74 Å². The molecule has 2 aromatic carbocycles. The van der Waals surface area contributed by atoms with Crippen LogP contribution in [0.3, 0.4) is 0 Å². The maximum atomic E-state index is 13.7. The van der Waals surface area contributed by atoms with E-state index >= 15 is 0 Å². The molecular formula is C14H11ClFNO4. The Labute approximate surface area is 124 Å². The molecule has 5 nitrogen and oxygen atoms in total. The van der Waals surface area contributed by atoms with Gasteiger partial charge in [0.1, 0.15) is 6.61 Å². The first-order chi connectivity index (χ1) is 10.0. The monoisotopic (exact) mass is 311 g/mol. The molecule has 0 saturated heterocycles. The van der Waals surface area contributed by atoms with Gasteiger partial charge < -0.3 is 9.84 Å². The highest BCUT2D eigenvalue weighted by Gasteiger charge is 2.16. The highest BCUT2D eigenvalue weighted by Crippen LogP contribution is 2.27. The lowest BCUT2D eigenvalue weighted by Gasteiger charge is -2.11. The molecule has 0 aliphatic carbocycles. The van der Waals surface area contributed by atoms with Crippen molar-refractivity contribution in [2.75, 3.05) is 0 Å². The molecule has 0 aromatic heterocycles. The number of nitro groups is 1. The summed E-state index contributed by atoms with van der Waals surface area (Å²) in [6, 6.07) is 8.27. The number of hydrogen-bond donors (Lipinski definition) is 1. The lowest BCUT2D eigenvalue weighted by Crippen LogP contribution is -2.04. The Bertz CT molecular complexity index is 678. The lowest BCUT2D eigenvalue weighted by atomic mass is 10.2. The van der Waals surface area contributed by atoms with Crippen molar-refractivity contribution in [1.82, 2.24) is 0 Å². The minimum Gasteiger partial charge on any atom is -0.485 e. The quantitative estimate of drug-likeness (QED) is 0.678. The van der Waals surface area contributed by atoms with Gasteiger partial charge in [0.25, 0.3) is 5.69 Å². The van der Waals surface area contributed by atoms with Crippen LogP contribution >= 0.6 is 11.6 Å². The molecule has 7 heteroatoms. The van der Waals surface area contributed by atoms with E-state index in [1.54, 1.807) is 0 Å². The van der Waals surface area contributed by atoms with E-state index in [9.17, 15) is 14.5 Å². The normalized spacial score (nSPS) is 10.4. The van der Waals surface area contributed by atoms with E-state index < -0.39 is 17.3 Å². The average Bonchev–Trinajstić information content (AvgIpc) is 2.46. The molecule has 2 rings (SSSR count). The maximum Gasteiger partial charge on any atom is 0.277 e. The second-order valence-corrected chi connectivity index (χ2v) is 4.64. The van der Waals surface area contributed by atoms with Gasteiger partial charge in [-0.25, -0.2) is 4.39 Å². The number of nitrogens with zero attached hydrogens (tertiary/aromatic N) is 1. The summed E-state index contributed by atoms with van der Waals surface area (Å²) in [5, 5.41) is 20.3. The van der Waals surface area contributed by atoms with Crippen LogP contribution in [0.25, 0.3) is 0 Å². The summed E-state index contributed by atoms with van der Waals surface area (Å²) in [5.74, 6) is -0.762. The van der Waals surface area contributed by atoms with E-state index in [1.165, 1.54) is 36.4 Å². The van der Waals surface area contributed by atoms with Crippen LogP contribution in [0, 0.1) is 15.9 Å². The first-order valence-corrected chi connectivity index (χ1v) is 6.34. The zero-order valence-electron chi connectivity index (χ0n) is 10.8. The molecule has 21 heavy (non-hydrogen) atoms. The molecule has 0 aliphatic rings. The standard InChI is InChI=1S/C14H11ClFNO4/c15-11-5-4-10(13(6-11)17(19)20)8-21-14-9(7-18)2-1-3-12(14)16/h1-6,18H,7-8H2.